The molecule has 9 heteroatoms. The molecule has 8 nitrogen and oxygen atoms in total. The molecule has 2 aromatic rings. The van der Waals surface area contributed by atoms with Gasteiger partial charge >= 0.3 is 0 Å². The van der Waals surface area contributed by atoms with E-state index in [2.05, 4.69) is 23.5 Å². The second-order valence-corrected chi connectivity index (χ2v) is 9.25. The number of rotatable bonds is 10. The third-order valence-corrected chi connectivity index (χ3v) is 7.00. The zero-order valence-electron chi connectivity index (χ0n) is 19.3. The van der Waals surface area contributed by atoms with Gasteiger partial charge in [-0.15, -0.1) is 0 Å². The van der Waals surface area contributed by atoms with Crippen LogP contribution in [0.4, 0.5) is 11.4 Å². The molecule has 3 rings (SSSR count). The molecular weight excluding hydrogens is 438 g/mol. The van der Waals surface area contributed by atoms with Crippen LogP contribution in [-0.2, 0) is 11.2 Å². The Morgan fingerprint density at radius 1 is 1.18 bits per heavy atom. The van der Waals surface area contributed by atoms with Crippen molar-refractivity contribution in [3.8, 4) is 0 Å². The highest BCUT2D eigenvalue weighted by Crippen LogP contribution is 2.29. The van der Waals surface area contributed by atoms with E-state index >= 15 is 0 Å². The van der Waals surface area contributed by atoms with E-state index in [0.717, 1.165) is 62.0 Å². The number of unbranched alkanes of at least 4 members (excludes halogenated alkanes) is 1. The average Bonchev–Trinajstić information content (AvgIpc) is 3.45. The molecule has 0 spiro atoms. The van der Waals surface area contributed by atoms with E-state index in [1.165, 1.54) is 4.90 Å². The Labute approximate surface area is 198 Å². The van der Waals surface area contributed by atoms with Gasteiger partial charge in [-0.25, -0.2) is 0 Å². The highest BCUT2D eigenvalue weighted by atomic mass is 32.1. The van der Waals surface area contributed by atoms with Gasteiger partial charge in [0.15, 0.2) is 5.69 Å². The summed E-state index contributed by atoms with van der Waals surface area (Å²) in [6.45, 7) is 4.11. The zero-order valence-corrected chi connectivity index (χ0v) is 20.1. The molecule has 3 amide bonds. The molecule has 1 heterocycles. The second-order valence-electron chi connectivity index (χ2n) is 8.48. The lowest BCUT2D eigenvalue weighted by molar-refractivity contribution is -0.123. The number of primary amides is 1. The molecule has 33 heavy (non-hydrogen) atoms. The first kappa shape index (κ1) is 24.7. The Morgan fingerprint density at radius 3 is 2.39 bits per heavy atom. The van der Waals surface area contributed by atoms with E-state index in [9.17, 15) is 14.4 Å². The highest BCUT2D eigenvalue weighted by molar-refractivity contribution is 7.09. The number of nitrogens with one attached hydrogen (secondary N) is 1. The summed E-state index contributed by atoms with van der Waals surface area (Å²) in [5, 5.41) is 3.15. The van der Waals surface area contributed by atoms with E-state index in [1.807, 2.05) is 24.3 Å². The molecule has 0 bridgehead atoms. The van der Waals surface area contributed by atoms with Crippen LogP contribution in [0.1, 0.15) is 84.5 Å². The quantitative estimate of drug-likeness (QED) is 0.487. The second kappa shape index (κ2) is 11.3. The van der Waals surface area contributed by atoms with Gasteiger partial charge in [0.25, 0.3) is 11.8 Å². The van der Waals surface area contributed by atoms with Gasteiger partial charge in [0, 0.05) is 11.7 Å². The summed E-state index contributed by atoms with van der Waals surface area (Å²) in [5.41, 5.74) is 13.0. The normalized spacial score (nSPS) is 14.7. The maximum absolute atomic E-state index is 13.8. The first-order valence-corrected chi connectivity index (χ1v) is 12.4. The molecule has 1 saturated carbocycles. The maximum atomic E-state index is 13.8. The van der Waals surface area contributed by atoms with Crippen molar-refractivity contribution in [3.63, 3.8) is 0 Å². The molecule has 0 saturated heterocycles. The number of aryl methyl sites for hydroxylation is 1. The number of nitrogens with two attached hydrogens (primary N) is 2. The van der Waals surface area contributed by atoms with Crippen LogP contribution in [0.15, 0.2) is 24.3 Å². The molecular formula is C24H33N5O3S. The van der Waals surface area contributed by atoms with Crippen LogP contribution in [0.2, 0.25) is 0 Å². The van der Waals surface area contributed by atoms with Crippen LogP contribution in [0, 0.1) is 0 Å². The van der Waals surface area contributed by atoms with Crippen LogP contribution in [-0.4, -0.2) is 34.2 Å². The molecule has 5 N–H and O–H groups in total. The minimum atomic E-state index is -0.789. The Morgan fingerprint density at radius 2 is 1.85 bits per heavy atom. The largest absolute Gasteiger partial charge is 0.395 e. The molecule has 1 atom stereocenters. The Balaban J connectivity index is 2.02. The number of benzene rings is 1. The Kier molecular flexibility index (Phi) is 8.43. The fraction of sp³-hybridized carbons (Fsp3) is 0.500. The van der Waals surface area contributed by atoms with Crippen LogP contribution in [0.5, 0.6) is 0 Å². The predicted octanol–water partition coefficient (Wildman–Crippen LogP) is 3.65. The topological polar surface area (TPSA) is 131 Å². The number of hydrogen-bond donors (Lipinski definition) is 3. The monoisotopic (exact) mass is 471 g/mol. The highest BCUT2D eigenvalue weighted by Gasteiger charge is 2.35. The van der Waals surface area contributed by atoms with Crippen LogP contribution < -0.4 is 21.7 Å². The molecule has 0 aliphatic heterocycles. The maximum Gasteiger partial charge on any atom is 0.272 e. The minimum Gasteiger partial charge on any atom is -0.395 e. The smallest absolute Gasteiger partial charge is 0.272 e. The van der Waals surface area contributed by atoms with Crippen molar-refractivity contribution in [2.75, 3.05) is 10.6 Å². The molecule has 1 aliphatic carbocycles. The number of hydrogen-bond acceptors (Lipinski definition) is 6. The predicted molar refractivity (Wildman–Crippen MR) is 131 cm³/mol. The van der Waals surface area contributed by atoms with Crippen molar-refractivity contribution in [1.82, 2.24) is 9.69 Å². The molecule has 1 aromatic heterocycles. The third-order valence-electron chi connectivity index (χ3n) is 6.14. The molecule has 0 unspecified atom stereocenters. The van der Waals surface area contributed by atoms with E-state index in [1.54, 1.807) is 0 Å². The van der Waals surface area contributed by atoms with Gasteiger partial charge in [-0.1, -0.05) is 51.7 Å². The van der Waals surface area contributed by atoms with Crippen molar-refractivity contribution in [1.29, 1.82) is 0 Å². The van der Waals surface area contributed by atoms with Crippen molar-refractivity contribution in [2.45, 2.75) is 77.3 Å². The first-order chi connectivity index (χ1) is 15.9. The van der Waals surface area contributed by atoms with Gasteiger partial charge < -0.3 is 16.8 Å². The molecule has 1 aromatic carbocycles. The lowest BCUT2D eigenvalue weighted by Crippen LogP contribution is -2.51. The lowest BCUT2D eigenvalue weighted by Gasteiger charge is -2.32. The fourth-order valence-electron chi connectivity index (χ4n) is 4.21. The Hall–Kier alpha value is -2.94. The first-order valence-electron chi connectivity index (χ1n) is 11.6. The Bertz CT molecular complexity index is 982. The van der Waals surface area contributed by atoms with Gasteiger partial charge in [0.05, 0.1) is 5.69 Å². The van der Waals surface area contributed by atoms with Gasteiger partial charge in [-0.05, 0) is 54.9 Å². The molecule has 1 fully saturated rings. The number of carbonyl (C=O) groups excluding carboxylic acids is 3. The SMILES string of the molecule is CCCC[C@@H](C(=O)NC1CCCC1)N(C(=O)c1snc(C(N)=O)c1N)c1ccc(CC)cc1. The van der Waals surface area contributed by atoms with E-state index in [-0.39, 0.29) is 28.2 Å². The molecule has 0 radical (unpaired) electrons. The summed E-state index contributed by atoms with van der Waals surface area (Å²) in [5.74, 6) is -1.41. The van der Waals surface area contributed by atoms with Crippen molar-refractivity contribution < 1.29 is 14.4 Å². The summed E-state index contributed by atoms with van der Waals surface area (Å²) in [6, 6.07) is 7.04. The summed E-state index contributed by atoms with van der Waals surface area (Å²) in [4.78, 5) is 40.5. The average molecular weight is 472 g/mol. The number of carbonyl (C=O) groups is 3. The molecule has 1 aliphatic rings. The number of amides is 3. The number of nitrogens with zero attached hydrogens (tertiary/aromatic N) is 2. The van der Waals surface area contributed by atoms with E-state index in [4.69, 9.17) is 11.5 Å². The summed E-state index contributed by atoms with van der Waals surface area (Å²) in [6.07, 6.45) is 7.14. The minimum absolute atomic E-state index is 0.0434. The zero-order chi connectivity index (χ0) is 24.0. The van der Waals surface area contributed by atoms with Crippen LogP contribution in [0.3, 0.4) is 0 Å². The standard InChI is InChI=1S/C24H33N5O3S/c1-3-5-10-18(23(31)27-16-8-6-7-9-16)29(17-13-11-15(4-2)12-14-17)24(32)21-19(25)20(22(26)30)28-33-21/h11-14,16,18H,3-10,25H2,1-2H3,(H2,26,30)(H,27,31)/t18-/m0/s1. The van der Waals surface area contributed by atoms with Crippen molar-refractivity contribution >= 4 is 40.6 Å². The van der Waals surface area contributed by atoms with Crippen molar-refractivity contribution in [3.05, 3.63) is 40.4 Å². The van der Waals surface area contributed by atoms with Gasteiger partial charge in [-0.3, -0.25) is 19.3 Å². The van der Waals surface area contributed by atoms with E-state index in [0.29, 0.717) is 12.1 Å². The fourth-order valence-corrected chi connectivity index (χ4v) is 4.95. The number of aromatic nitrogens is 1. The molecule has 178 valence electrons. The van der Waals surface area contributed by atoms with E-state index < -0.39 is 17.9 Å². The van der Waals surface area contributed by atoms with Crippen molar-refractivity contribution in [2.24, 2.45) is 5.73 Å². The summed E-state index contributed by atoms with van der Waals surface area (Å²) >= 11 is 0.830. The van der Waals surface area contributed by atoms with Gasteiger partial charge in [0.2, 0.25) is 5.91 Å². The number of anilines is 2. The van der Waals surface area contributed by atoms with Gasteiger partial charge in [-0.2, -0.15) is 4.37 Å². The lowest BCUT2D eigenvalue weighted by atomic mass is 10.0. The summed E-state index contributed by atoms with van der Waals surface area (Å²) in [7, 11) is 0. The van der Waals surface area contributed by atoms with Crippen LogP contribution in [0.25, 0.3) is 0 Å². The van der Waals surface area contributed by atoms with Gasteiger partial charge in [0.1, 0.15) is 10.9 Å². The third kappa shape index (κ3) is 5.71. The number of nitrogen functional groups attached to an aromatic ring is 1. The summed E-state index contributed by atoms with van der Waals surface area (Å²) < 4.78 is 3.98. The van der Waals surface area contributed by atoms with Crippen LogP contribution >= 0.6 is 11.5 Å².